The number of nitrogens with zero attached hydrogens (tertiary/aromatic N) is 2. The van der Waals surface area contributed by atoms with E-state index in [0.717, 1.165) is 34.2 Å². The van der Waals surface area contributed by atoms with Crippen molar-refractivity contribution in [2.45, 2.75) is 20.3 Å². The molecule has 0 saturated carbocycles. The number of ether oxygens (including phenoxy) is 1. The molecule has 0 aliphatic carbocycles. The normalized spacial score (nSPS) is 16.1. The molecule has 0 unspecified atom stereocenters. The molecule has 0 radical (unpaired) electrons. The highest BCUT2D eigenvalue weighted by Gasteiger charge is 2.25. The first kappa shape index (κ1) is 17.5. The molecule has 4 nitrogen and oxygen atoms in total. The van der Waals surface area contributed by atoms with E-state index >= 15 is 0 Å². The van der Waals surface area contributed by atoms with Gasteiger partial charge in [-0.05, 0) is 50.1 Å². The van der Waals surface area contributed by atoms with E-state index < -0.39 is 0 Å². The molecular formula is C20H22N2O2S. The summed E-state index contributed by atoms with van der Waals surface area (Å²) in [5.74, 6) is 1.68. The number of hydrogen-bond acceptors (Lipinski definition) is 4. The second kappa shape index (κ2) is 7.74. The van der Waals surface area contributed by atoms with E-state index in [9.17, 15) is 4.79 Å². The third-order valence-corrected chi connectivity index (χ3v) is 5.11. The Balaban J connectivity index is 1.96. The molecule has 0 spiro atoms. The van der Waals surface area contributed by atoms with E-state index in [1.807, 2.05) is 56.3 Å². The van der Waals surface area contributed by atoms with Gasteiger partial charge in [-0.15, -0.1) is 0 Å². The van der Waals surface area contributed by atoms with Gasteiger partial charge in [0, 0.05) is 17.9 Å². The summed E-state index contributed by atoms with van der Waals surface area (Å²) in [7, 11) is 1.64. The van der Waals surface area contributed by atoms with Crippen LogP contribution in [0.2, 0.25) is 0 Å². The number of amides is 1. The molecule has 3 rings (SSSR count). The van der Waals surface area contributed by atoms with Gasteiger partial charge in [0.15, 0.2) is 5.17 Å². The maximum absolute atomic E-state index is 13.0. The number of methoxy groups -OCH3 is 1. The van der Waals surface area contributed by atoms with Gasteiger partial charge in [-0.3, -0.25) is 9.69 Å². The molecule has 0 aromatic heterocycles. The van der Waals surface area contributed by atoms with Crippen LogP contribution >= 0.6 is 11.8 Å². The fraction of sp³-hybridized carbons (Fsp3) is 0.300. The Kier molecular flexibility index (Phi) is 5.43. The van der Waals surface area contributed by atoms with Crippen LogP contribution in [0.1, 0.15) is 27.9 Å². The molecule has 0 bridgehead atoms. The summed E-state index contributed by atoms with van der Waals surface area (Å²) < 4.78 is 5.42. The van der Waals surface area contributed by atoms with Crippen LogP contribution in [0.25, 0.3) is 0 Å². The van der Waals surface area contributed by atoms with Crippen LogP contribution < -0.4 is 4.74 Å². The Morgan fingerprint density at radius 2 is 1.96 bits per heavy atom. The summed E-state index contributed by atoms with van der Waals surface area (Å²) in [5.41, 5.74) is 3.65. The van der Waals surface area contributed by atoms with Crippen molar-refractivity contribution in [3.63, 3.8) is 0 Å². The van der Waals surface area contributed by atoms with Crippen LogP contribution in [-0.2, 0) is 0 Å². The van der Waals surface area contributed by atoms with Crippen LogP contribution in [0.5, 0.6) is 5.75 Å². The van der Waals surface area contributed by atoms with Crippen molar-refractivity contribution in [2.24, 2.45) is 4.99 Å². The van der Waals surface area contributed by atoms with Gasteiger partial charge in [0.25, 0.3) is 5.91 Å². The largest absolute Gasteiger partial charge is 0.494 e. The average Bonchev–Trinajstić information content (AvgIpc) is 2.62. The highest BCUT2D eigenvalue weighted by Crippen LogP contribution is 2.31. The minimum absolute atomic E-state index is 0.00118. The SMILES string of the molecule is COc1ccc(C)cc1N=C1SCCCN1C(=O)c1cccc(C)c1. The highest BCUT2D eigenvalue weighted by atomic mass is 32.2. The molecule has 2 aromatic rings. The second-order valence-electron chi connectivity index (χ2n) is 6.10. The van der Waals surface area contributed by atoms with Crippen molar-refractivity contribution in [3.8, 4) is 5.75 Å². The van der Waals surface area contributed by atoms with Crippen LogP contribution in [-0.4, -0.2) is 35.4 Å². The Labute approximate surface area is 152 Å². The second-order valence-corrected chi connectivity index (χ2v) is 7.16. The number of amidine groups is 1. The lowest BCUT2D eigenvalue weighted by Crippen LogP contribution is -2.39. The zero-order chi connectivity index (χ0) is 17.8. The predicted octanol–water partition coefficient (Wildman–Crippen LogP) is 4.58. The van der Waals surface area contributed by atoms with E-state index in [-0.39, 0.29) is 5.91 Å². The number of thioether (sulfide) groups is 1. The van der Waals surface area contributed by atoms with Crippen molar-refractivity contribution < 1.29 is 9.53 Å². The van der Waals surface area contributed by atoms with E-state index in [1.54, 1.807) is 23.8 Å². The van der Waals surface area contributed by atoms with Crippen LogP contribution in [0.4, 0.5) is 5.69 Å². The maximum Gasteiger partial charge on any atom is 0.259 e. The lowest BCUT2D eigenvalue weighted by atomic mass is 10.1. The van der Waals surface area contributed by atoms with Gasteiger partial charge < -0.3 is 4.74 Å². The zero-order valence-electron chi connectivity index (χ0n) is 14.8. The Bertz CT molecular complexity index is 817. The Morgan fingerprint density at radius 1 is 1.16 bits per heavy atom. The molecule has 2 aromatic carbocycles. The summed E-state index contributed by atoms with van der Waals surface area (Å²) in [6.07, 6.45) is 0.964. The summed E-state index contributed by atoms with van der Waals surface area (Å²) in [6, 6.07) is 13.6. The Morgan fingerprint density at radius 3 is 2.72 bits per heavy atom. The van der Waals surface area contributed by atoms with E-state index in [4.69, 9.17) is 9.73 Å². The first-order valence-corrected chi connectivity index (χ1v) is 9.31. The van der Waals surface area contributed by atoms with Gasteiger partial charge in [0.1, 0.15) is 11.4 Å². The number of benzene rings is 2. The molecule has 25 heavy (non-hydrogen) atoms. The number of aryl methyl sites for hydroxylation is 2. The first-order chi connectivity index (χ1) is 12.1. The Hall–Kier alpha value is -2.27. The monoisotopic (exact) mass is 354 g/mol. The number of rotatable bonds is 3. The van der Waals surface area contributed by atoms with Crippen molar-refractivity contribution in [2.75, 3.05) is 19.4 Å². The van der Waals surface area contributed by atoms with Gasteiger partial charge in [-0.1, -0.05) is 35.5 Å². The van der Waals surface area contributed by atoms with Gasteiger partial charge >= 0.3 is 0 Å². The number of aliphatic imine (C=N–C) groups is 1. The average molecular weight is 354 g/mol. The van der Waals surface area contributed by atoms with Crippen LogP contribution in [0.3, 0.4) is 0 Å². The van der Waals surface area contributed by atoms with Crippen LogP contribution in [0.15, 0.2) is 47.5 Å². The standard InChI is InChI=1S/C20H22N2O2S/c1-14-6-4-7-16(12-14)19(23)22-10-5-11-25-20(22)21-17-13-15(2)8-9-18(17)24-3/h4,6-9,12-13H,5,10-11H2,1-3H3. The smallest absolute Gasteiger partial charge is 0.259 e. The molecular weight excluding hydrogens is 332 g/mol. The molecule has 1 aliphatic rings. The third-order valence-electron chi connectivity index (χ3n) is 4.05. The van der Waals surface area contributed by atoms with Crippen LogP contribution in [0, 0.1) is 13.8 Å². The summed E-state index contributed by atoms with van der Waals surface area (Å²) in [4.78, 5) is 19.5. The number of carbonyl (C=O) groups is 1. The van der Waals surface area contributed by atoms with Crippen molar-refractivity contribution >= 4 is 28.5 Å². The van der Waals surface area contributed by atoms with Gasteiger partial charge in [-0.25, -0.2) is 4.99 Å². The van der Waals surface area contributed by atoms with E-state index in [0.29, 0.717) is 17.9 Å². The van der Waals surface area contributed by atoms with Crippen molar-refractivity contribution in [3.05, 3.63) is 59.2 Å². The zero-order valence-corrected chi connectivity index (χ0v) is 15.6. The van der Waals surface area contributed by atoms with Gasteiger partial charge in [0.05, 0.1) is 7.11 Å². The van der Waals surface area contributed by atoms with Crippen molar-refractivity contribution in [1.29, 1.82) is 0 Å². The third kappa shape index (κ3) is 4.04. The molecule has 1 aliphatic heterocycles. The predicted molar refractivity (Wildman–Crippen MR) is 104 cm³/mol. The number of carbonyl (C=O) groups excluding carboxylic acids is 1. The van der Waals surface area contributed by atoms with E-state index in [1.165, 1.54) is 0 Å². The fourth-order valence-electron chi connectivity index (χ4n) is 2.77. The highest BCUT2D eigenvalue weighted by molar-refractivity contribution is 8.13. The van der Waals surface area contributed by atoms with Crippen molar-refractivity contribution in [1.82, 2.24) is 4.90 Å². The summed E-state index contributed by atoms with van der Waals surface area (Å²) in [6.45, 7) is 4.70. The van der Waals surface area contributed by atoms with Gasteiger partial charge in [-0.2, -0.15) is 0 Å². The minimum Gasteiger partial charge on any atom is -0.494 e. The maximum atomic E-state index is 13.0. The topological polar surface area (TPSA) is 41.9 Å². The quantitative estimate of drug-likeness (QED) is 0.810. The molecule has 1 amide bonds. The van der Waals surface area contributed by atoms with Gasteiger partial charge in [0.2, 0.25) is 0 Å². The molecule has 130 valence electrons. The minimum atomic E-state index is 0.00118. The lowest BCUT2D eigenvalue weighted by molar-refractivity contribution is 0.0849. The molecule has 0 atom stereocenters. The fourth-order valence-corrected chi connectivity index (χ4v) is 3.71. The number of hydrogen-bond donors (Lipinski definition) is 0. The lowest BCUT2D eigenvalue weighted by Gasteiger charge is -2.28. The summed E-state index contributed by atoms with van der Waals surface area (Å²) in [5, 5.41) is 0.738. The van der Waals surface area contributed by atoms with E-state index in [2.05, 4.69) is 0 Å². The molecule has 1 saturated heterocycles. The molecule has 5 heteroatoms. The summed E-state index contributed by atoms with van der Waals surface area (Å²) >= 11 is 1.62. The molecule has 1 fully saturated rings. The molecule has 0 N–H and O–H groups in total. The first-order valence-electron chi connectivity index (χ1n) is 8.33. The molecule has 1 heterocycles.